The average molecular weight is 479 g/mol. The van der Waals surface area contributed by atoms with Crippen molar-refractivity contribution in [1.82, 2.24) is 4.72 Å². The first-order valence-corrected chi connectivity index (χ1v) is 12.8. The highest BCUT2D eigenvalue weighted by atomic mass is 32.2. The summed E-state index contributed by atoms with van der Waals surface area (Å²) >= 11 is 0. The molecule has 3 N–H and O–H groups in total. The van der Waals surface area contributed by atoms with E-state index in [0.717, 1.165) is 12.1 Å². The summed E-state index contributed by atoms with van der Waals surface area (Å²) in [5.74, 6) is 5.76. The van der Waals surface area contributed by atoms with Crippen molar-refractivity contribution in [2.24, 2.45) is 17.0 Å². The number of rotatable bonds is 7. The van der Waals surface area contributed by atoms with Gasteiger partial charge < -0.3 is 4.74 Å². The Bertz CT molecular complexity index is 1270. The number of primary sulfonamides is 1. The van der Waals surface area contributed by atoms with Gasteiger partial charge in [-0.3, -0.25) is 4.79 Å². The van der Waals surface area contributed by atoms with Crippen molar-refractivity contribution in [3.8, 4) is 17.6 Å². The third-order valence-electron chi connectivity index (χ3n) is 3.98. The van der Waals surface area contributed by atoms with Gasteiger partial charge in [0, 0.05) is 11.5 Å². The second-order valence-corrected chi connectivity index (χ2v) is 10.9. The fraction of sp³-hybridized carbons (Fsp3) is 0.318. The van der Waals surface area contributed by atoms with Gasteiger partial charge in [-0.15, -0.1) is 0 Å². The van der Waals surface area contributed by atoms with Gasteiger partial charge in [0.05, 0.1) is 12.2 Å². The van der Waals surface area contributed by atoms with Gasteiger partial charge in [0.15, 0.2) is 0 Å². The molecule has 0 aliphatic rings. The second kappa shape index (κ2) is 10.2. The summed E-state index contributed by atoms with van der Waals surface area (Å²) in [6, 6.07) is 9.16. The summed E-state index contributed by atoms with van der Waals surface area (Å²) in [6.45, 7) is 8.18. The lowest BCUT2D eigenvalue weighted by atomic mass is 10.1. The van der Waals surface area contributed by atoms with Crippen molar-refractivity contribution >= 4 is 26.0 Å². The maximum absolute atomic E-state index is 12.7. The minimum Gasteiger partial charge on any atom is -0.492 e. The van der Waals surface area contributed by atoms with Crippen LogP contribution < -0.4 is 14.6 Å². The SMILES string of the molecule is CC(C)C#Cc1ccc(C(=O)NS(=O)(=O)c2ccccc2S(N)(=O)=O)cc1OCC(C)C. The molecule has 0 aliphatic carbocycles. The zero-order chi connectivity index (χ0) is 24.1. The van der Waals surface area contributed by atoms with Gasteiger partial charge in [0.25, 0.3) is 15.9 Å². The van der Waals surface area contributed by atoms with E-state index in [0.29, 0.717) is 17.9 Å². The molecule has 0 heterocycles. The minimum atomic E-state index is -4.52. The molecule has 0 aliphatic heterocycles. The Morgan fingerprint density at radius 3 is 2.22 bits per heavy atom. The molecule has 1 amide bonds. The van der Waals surface area contributed by atoms with Crippen LogP contribution in [-0.4, -0.2) is 29.3 Å². The molecule has 2 aromatic carbocycles. The predicted octanol–water partition coefficient (Wildman–Crippen LogP) is 2.50. The second-order valence-electron chi connectivity index (χ2n) is 7.77. The quantitative estimate of drug-likeness (QED) is 0.588. The van der Waals surface area contributed by atoms with Gasteiger partial charge in [-0.2, -0.15) is 0 Å². The number of amides is 1. The molecule has 0 fully saturated rings. The van der Waals surface area contributed by atoms with E-state index in [1.165, 1.54) is 24.3 Å². The molecule has 0 saturated carbocycles. The van der Waals surface area contributed by atoms with Gasteiger partial charge in [-0.1, -0.05) is 51.7 Å². The van der Waals surface area contributed by atoms with Crippen molar-refractivity contribution in [3.05, 3.63) is 53.6 Å². The molecule has 10 heteroatoms. The lowest BCUT2D eigenvalue weighted by Gasteiger charge is -2.13. The van der Waals surface area contributed by atoms with E-state index in [1.807, 2.05) is 32.4 Å². The van der Waals surface area contributed by atoms with Crippen LogP contribution >= 0.6 is 0 Å². The van der Waals surface area contributed by atoms with Crippen LogP contribution in [0.1, 0.15) is 43.6 Å². The van der Waals surface area contributed by atoms with Crippen LogP contribution in [0.2, 0.25) is 0 Å². The number of hydrogen-bond donors (Lipinski definition) is 2. The van der Waals surface area contributed by atoms with Crippen LogP contribution in [0.3, 0.4) is 0 Å². The first-order valence-electron chi connectivity index (χ1n) is 9.78. The highest BCUT2D eigenvalue weighted by Gasteiger charge is 2.26. The Labute approximate surface area is 189 Å². The number of carbonyl (C=O) groups excluding carboxylic acids is 1. The van der Waals surface area contributed by atoms with Gasteiger partial charge in [0.2, 0.25) is 10.0 Å². The van der Waals surface area contributed by atoms with Crippen LogP contribution in [0.5, 0.6) is 5.75 Å². The first-order chi connectivity index (χ1) is 14.8. The van der Waals surface area contributed by atoms with Crippen molar-refractivity contribution < 1.29 is 26.4 Å². The molecular weight excluding hydrogens is 452 g/mol. The molecule has 172 valence electrons. The molecule has 2 aromatic rings. The van der Waals surface area contributed by atoms with Crippen molar-refractivity contribution in [2.75, 3.05) is 6.61 Å². The Morgan fingerprint density at radius 1 is 1.03 bits per heavy atom. The van der Waals surface area contributed by atoms with E-state index < -0.39 is 35.7 Å². The topological polar surface area (TPSA) is 133 Å². The van der Waals surface area contributed by atoms with Crippen LogP contribution in [0.15, 0.2) is 52.3 Å². The molecule has 0 saturated heterocycles. The third kappa shape index (κ3) is 6.82. The highest BCUT2D eigenvalue weighted by Crippen LogP contribution is 2.23. The van der Waals surface area contributed by atoms with E-state index in [2.05, 4.69) is 11.8 Å². The number of hydrogen-bond acceptors (Lipinski definition) is 6. The van der Waals surface area contributed by atoms with Crippen LogP contribution in [0, 0.1) is 23.7 Å². The van der Waals surface area contributed by atoms with E-state index in [4.69, 9.17) is 9.88 Å². The van der Waals surface area contributed by atoms with Crippen molar-refractivity contribution in [3.63, 3.8) is 0 Å². The molecule has 0 unspecified atom stereocenters. The van der Waals surface area contributed by atoms with Gasteiger partial charge in [-0.25, -0.2) is 26.7 Å². The van der Waals surface area contributed by atoms with E-state index in [-0.39, 0.29) is 17.4 Å². The zero-order valence-corrected chi connectivity index (χ0v) is 19.9. The smallest absolute Gasteiger partial charge is 0.265 e. The number of carbonyl (C=O) groups is 1. The maximum atomic E-state index is 12.7. The molecule has 0 radical (unpaired) electrons. The molecular formula is C22H26N2O6S2. The van der Waals surface area contributed by atoms with Gasteiger partial charge in [-0.05, 0) is 36.2 Å². The van der Waals surface area contributed by atoms with Crippen molar-refractivity contribution in [2.45, 2.75) is 37.5 Å². The van der Waals surface area contributed by atoms with Crippen molar-refractivity contribution in [1.29, 1.82) is 0 Å². The van der Waals surface area contributed by atoms with Crippen LogP contribution in [0.4, 0.5) is 0 Å². The Kier molecular flexibility index (Phi) is 8.07. The normalized spacial score (nSPS) is 11.7. The molecule has 8 nitrogen and oxygen atoms in total. The summed E-state index contributed by atoms with van der Waals surface area (Å²) in [6.07, 6.45) is 0. The lowest BCUT2D eigenvalue weighted by molar-refractivity contribution is 0.0980. The monoisotopic (exact) mass is 478 g/mol. The number of benzene rings is 2. The molecule has 0 bridgehead atoms. The van der Waals surface area contributed by atoms with E-state index in [1.54, 1.807) is 6.07 Å². The summed E-state index contributed by atoms with van der Waals surface area (Å²) in [7, 11) is -8.84. The number of sulfonamides is 2. The summed E-state index contributed by atoms with van der Waals surface area (Å²) in [5, 5.41) is 5.11. The maximum Gasteiger partial charge on any atom is 0.265 e. The molecule has 32 heavy (non-hydrogen) atoms. The standard InChI is InChI=1S/C22H26N2O6S2/c1-15(2)9-10-17-11-12-18(13-19(17)30-14-16(3)4)22(25)24-32(28,29)21-8-6-5-7-20(21)31(23,26)27/h5-8,11-13,15-16H,14H2,1-4H3,(H,24,25)(H2,23,26,27). The number of nitrogens with one attached hydrogen (secondary N) is 1. The molecule has 0 atom stereocenters. The molecule has 2 rings (SSSR count). The largest absolute Gasteiger partial charge is 0.492 e. The summed E-state index contributed by atoms with van der Waals surface area (Å²) in [4.78, 5) is 11.5. The van der Waals surface area contributed by atoms with Crippen LogP contribution in [-0.2, 0) is 20.0 Å². The number of ether oxygens (including phenoxy) is 1. The predicted molar refractivity (Wildman–Crippen MR) is 121 cm³/mol. The third-order valence-corrected chi connectivity index (χ3v) is 6.47. The Morgan fingerprint density at radius 2 is 1.66 bits per heavy atom. The Balaban J connectivity index is 2.41. The van der Waals surface area contributed by atoms with E-state index in [9.17, 15) is 21.6 Å². The lowest BCUT2D eigenvalue weighted by Crippen LogP contribution is -2.32. The number of nitrogens with two attached hydrogens (primary N) is 1. The molecule has 0 spiro atoms. The fourth-order valence-electron chi connectivity index (χ4n) is 2.51. The van der Waals surface area contributed by atoms with Crippen LogP contribution in [0.25, 0.3) is 0 Å². The average Bonchev–Trinajstić information content (AvgIpc) is 2.69. The Hall–Kier alpha value is -2.87. The van der Waals surface area contributed by atoms with E-state index >= 15 is 0 Å². The van der Waals surface area contributed by atoms with Gasteiger partial charge >= 0.3 is 0 Å². The summed E-state index contributed by atoms with van der Waals surface area (Å²) in [5.41, 5.74) is 0.578. The molecule has 0 aromatic heterocycles. The summed E-state index contributed by atoms with van der Waals surface area (Å²) < 4.78 is 56.6. The van der Waals surface area contributed by atoms with Gasteiger partial charge in [0.1, 0.15) is 15.5 Å². The minimum absolute atomic E-state index is 0.00974. The highest BCUT2D eigenvalue weighted by molar-refractivity contribution is 7.92. The fourth-order valence-corrected chi connectivity index (χ4v) is 4.86. The first kappa shape index (κ1) is 25.4. The zero-order valence-electron chi connectivity index (χ0n) is 18.2.